The molecule has 1 heterocycles. The zero-order chi connectivity index (χ0) is 33.2. The Labute approximate surface area is 262 Å². The summed E-state index contributed by atoms with van der Waals surface area (Å²) in [7, 11) is 0. The molecule has 44 heavy (non-hydrogen) atoms. The Morgan fingerprint density at radius 3 is 1.57 bits per heavy atom. The van der Waals surface area contributed by atoms with Gasteiger partial charge >= 0.3 is 18.0 Å². The highest BCUT2D eigenvalue weighted by atomic mass is 16.7. The second-order valence-electron chi connectivity index (χ2n) is 13.3. The lowest BCUT2D eigenvalue weighted by Gasteiger charge is -2.24. The fourth-order valence-corrected chi connectivity index (χ4v) is 4.47. The highest BCUT2D eigenvalue weighted by Gasteiger charge is 2.36. The lowest BCUT2D eigenvalue weighted by Crippen LogP contribution is -2.52. The van der Waals surface area contributed by atoms with Gasteiger partial charge in [-0.25, -0.2) is 9.59 Å². The molecular weight excluding hydrogens is 570 g/mol. The Hall–Kier alpha value is -3.18. The van der Waals surface area contributed by atoms with Crippen LogP contribution in [0.4, 0.5) is 4.79 Å². The van der Waals surface area contributed by atoms with Gasteiger partial charge in [-0.1, -0.05) is 64.2 Å². The number of carbonyl (C=O) groups is 6. The van der Waals surface area contributed by atoms with Crippen LogP contribution in [-0.4, -0.2) is 64.6 Å². The number of nitrogens with zero attached hydrogens (tertiary/aromatic N) is 1. The first kappa shape index (κ1) is 38.8. The molecule has 0 radical (unpaired) electrons. The SMILES string of the molecule is CC(C)(C)OC(=O)CCCCCCCCCCCCCCC(=O)NC[C@H](NC(=O)OC(C)(C)C)C(=O)ON1C(=O)CCC1=O. The van der Waals surface area contributed by atoms with Crippen LogP contribution in [0.2, 0.25) is 0 Å². The second-order valence-corrected chi connectivity index (χ2v) is 13.3. The maximum absolute atomic E-state index is 12.6. The molecule has 0 aromatic carbocycles. The first-order valence-electron chi connectivity index (χ1n) is 16.1. The molecule has 1 saturated heterocycles. The lowest BCUT2D eigenvalue weighted by atomic mass is 10.0. The zero-order valence-corrected chi connectivity index (χ0v) is 27.7. The number of imide groups is 1. The van der Waals surface area contributed by atoms with E-state index >= 15 is 0 Å². The summed E-state index contributed by atoms with van der Waals surface area (Å²) < 4.78 is 10.5. The van der Waals surface area contributed by atoms with E-state index in [4.69, 9.17) is 14.3 Å². The summed E-state index contributed by atoms with van der Waals surface area (Å²) in [6, 6.07) is -1.35. The van der Waals surface area contributed by atoms with E-state index in [-0.39, 0.29) is 37.7 Å². The van der Waals surface area contributed by atoms with Crippen LogP contribution in [0.1, 0.15) is 144 Å². The van der Waals surface area contributed by atoms with E-state index in [1.807, 2.05) is 20.8 Å². The number of amides is 4. The van der Waals surface area contributed by atoms with Gasteiger partial charge in [0.1, 0.15) is 17.2 Å². The van der Waals surface area contributed by atoms with Gasteiger partial charge in [0.05, 0.1) is 0 Å². The zero-order valence-electron chi connectivity index (χ0n) is 27.7. The smallest absolute Gasteiger partial charge is 0.408 e. The Morgan fingerprint density at radius 2 is 1.11 bits per heavy atom. The lowest BCUT2D eigenvalue weighted by molar-refractivity contribution is -0.198. The summed E-state index contributed by atoms with van der Waals surface area (Å²) in [6.07, 6.45) is 12.5. The average Bonchev–Trinajstić information content (AvgIpc) is 3.21. The van der Waals surface area contributed by atoms with E-state index in [9.17, 15) is 28.8 Å². The standard InChI is InChI=1S/C32H55N3O9/c1-31(2,3)42-28(39)20-18-16-14-12-10-8-7-9-11-13-15-17-19-25(36)33-23-24(34-30(41)43-32(4,5)6)29(40)44-35-26(37)21-22-27(35)38/h24H,7-23H2,1-6H3,(H,33,36)(H,34,41)/t24-/m0/s1. The van der Waals surface area contributed by atoms with Crippen molar-refractivity contribution >= 4 is 35.8 Å². The minimum atomic E-state index is -1.35. The third-order valence-corrected chi connectivity index (χ3v) is 6.62. The van der Waals surface area contributed by atoms with Crippen molar-refractivity contribution in [2.24, 2.45) is 0 Å². The van der Waals surface area contributed by atoms with Gasteiger partial charge in [0.25, 0.3) is 11.8 Å². The molecule has 0 aromatic rings. The Balaban J connectivity index is 2.19. The van der Waals surface area contributed by atoms with Gasteiger partial charge < -0.3 is 24.9 Å². The quantitative estimate of drug-likeness (QED) is 0.103. The van der Waals surface area contributed by atoms with E-state index < -0.39 is 41.1 Å². The van der Waals surface area contributed by atoms with Crippen molar-refractivity contribution in [3.63, 3.8) is 0 Å². The number of alkyl carbamates (subject to hydrolysis) is 1. The van der Waals surface area contributed by atoms with E-state index in [0.717, 1.165) is 44.9 Å². The van der Waals surface area contributed by atoms with Crippen LogP contribution >= 0.6 is 0 Å². The molecule has 12 heteroatoms. The molecule has 4 amide bonds. The van der Waals surface area contributed by atoms with Crippen LogP contribution < -0.4 is 10.6 Å². The number of unbranched alkanes of at least 4 members (excludes halogenated alkanes) is 11. The van der Waals surface area contributed by atoms with E-state index in [2.05, 4.69) is 10.6 Å². The normalized spacial score (nSPS) is 14.3. The average molecular weight is 626 g/mol. The molecular formula is C32H55N3O9. The molecule has 1 aliphatic heterocycles. The fraction of sp³-hybridized carbons (Fsp3) is 0.812. The van der Waals surface area contributed by atoms with Gasteiger partial charge in [-0.2, -0.15) is 0 Å². The number of nitrogens with one attached hydrogen (secondary N) is 2. The number of esters is 1. The van der Waals surface area contributed by atoms with Crippen LogP contribution in [-0.2, 0) is 38.3 Å². The summed E-state index contributed by atoms with van der Waals surface area (Å²) >= 11 is 0. The second kappa shape index (κ2) is 20.0. The van der Waals surface area contributed by atoms with Crippen molar-refractivity contribution in [3.8, 4) is 0 Å². The summed E-state index contributed by atoms with van der Waals surface area (Å²) in [5.74, 6) is -2.75. The molecule has 0 unspecified atom stereocenters. The first-order valence-corrected chi connectivity index (χ1v) is 16.1. The van der Waals surface area contributed by atoms with E-state index in [1.54, 1.807) is 20.8 Å². The van der Waals surface area contributed by atoms with Crippen LogP contribution in [0.25, 0.3) is 0 Å². The largest absolute Gasteiger partial charge is 0.460 e. The number of hydrogen-bond acceptors (Lipinski definition) is 9. The molecule has 0 saturated carbocycles. The number of hydrogen-bond donors (Lipinski definition) is 2. The predicted octanol–water partition coefficient (Wildman–Crippen LogP) is 5.41. The van der Waals surface area contributed by atoms with Crippen LogP contribution in [0.3, 0.4) is 0 Å². The summed E-state index contributed by atoms with van der Waals surface area (Å²) in [5, 5.41) is 5.35. The van der Waals surface area contributed by atoms with Crippen molar-refractivity contribution in [2.45, 2.75) is 162 Å². The molecule has 0 aliphatic carbocycles. The molecule has 1 atom stereocenters. The maximum Gasteiger partial charge on any atom is 0.408 e. The van der Waals surface area contributed by atoms with E-state index in [0.29, 0.717) is 17.9 Å². The topological polar surface area (TPSA) is 157 Å². The van der Waals surface area contributed by atoms with Crippen molar-refractivity contribution in [2.75, 3.05) is 6.54 Å². The van der Waals surface area contributed by atoms with Crippen molar-refractivity contribution in [1.29, 1.82) is 0 Å². The summed E-state index contributed by atoms with van der Waals surface area (Å²) in [4.78, 5) is 77.5. The first-order chi connectivity index (χ1) is 20.6. The molecule has 1 rings (SSSR count). The van der Waals surface area contributed by atoms with Gasteiger partial charge in [0.2, 0.25) is 5.91 Å². The van der Waals surface area contributed by atoms with Crippen molar-refractivity contribution < 1.29 is 43.1 Å². The molecule has 1 aliphatic rings. The molecule has 12 nitrogen and oxygen atoms in total. The van der Waals surface area contributed by atoms with Crippen LogP contribution in [0.5, 0.6) is 0 Å². The van der Waals surface area contributed by atoms with Gasteiger partial charge in [0, 0.05) is 32.2 Å². The minimum Gasteiger partial charge on any atom is -0.460 e. The number of rotatable bonds is 20. The van der Waals surface area contributed by atoms with Gasteiger partial charge in [-0.05, 0) is 54.4 Å². The predicted molar refractivity (Wildman–Crippen MR) is 164 cm³/mol. The van der Waals surface area contributed by atoms with Gasteiger partial charge in [-0.15, -0.1) is 5.06 Å². The Bertz CT molecular complexity index is 938. The monoisotopic (exact) mass is 625 g/mol. The van der Waals surface area contributed by atoms with Crippen LogP contribution in [0, 0.1) is 0 Å². The maximum atomic E-state index is 12.6. The number of ether oxygens (including phenoxy) is 2. The highest BCUT2D eigenvalue weighted by molar-refractivity contribution is 6.02. The minimum absolute atomic E-state index is 0.0626. The molecule has 2 N–H and O–H groups in total. The highest BCUT2D eigenvalue weighted by Crippen LogP contribution is 2.15. The van der Waals surface area contributed by atoms with Crippen molar-refractivity contribution in [3.05, 3.63) is 0 Å². The van der Waals surface area contributed by atoms with Gasteiger partial charge in [-0.3, -0.25) is 19.2 Å². The molecule has 0 bridgehead atoms. The Kier molecular flexibility index (Phi) is 17.6. The van der Waals surface area contributed by atoms with Crippen molar-refractivity contribution in [1.82, 2.24) is 15.7 Å². The summed E-state index contributed by atoms with van der Waals surface area (Å²) in [6.45, 7) is 10.3. The Morgan fingerprint density at radius 1 is 0.682 bits per heavy atom. The van der Waals surface area contributed by atoms with E-state index in [1.165, 1.54) is 25.7 Å². The van der Waals surface area contributed by atoms with Crippen LogP contribution in [0.15, 0.2) is 0 Å². The van der Waals surface area contributed by atoms with Gasteiger partial charge in [0.15, 0.2) is 0 Å². The third kappa shape index (κ3) is 19.2. The molecule has 0 spiro atoms. The molecule has 1 fully saturated rings. The number of carbonyl (C=O) groups excluding carboxylic acids is 6. The fourth-order valence-electron chi connectivity index (χ4n) is 4.47. The summed E-state index contributed by atoms with van der Waals surface area (Å²) in [5.41, 5.74) is -1.24. The molecule has 252 valence electrons. The third-order valence-electron chi connectivity index (χ3n) is 6.62. The molecule has 0 aromatic heterocycles. The number of hydroxylamine groups is 2.